The number of amides is 2. The van der Waals surface area contributed by atoms with Crippen molar-refractivity contribution in [1.29, 1.82) is 10.5 Å². The van der Waals surface area contributed by atoms with E-state index in [-0.39, 0.29) is 69.3 Å². The summed E-state index contributed by atoms with van der Waals surface area (Å²) >= 11 is 1.79. The number of rotatable bonds is 8. The standard InChI is InChI=1S/C13H13F3N2O5S.C12H10F3IN2O2.HI.Na/c1-12(20,7-23-24(2,21)22)11(19)18-9-4-3-8(6-17)10(5-9)13(14,15)16;1-11(20,6-16)10(19)18-8-3-2-7(5-17)9(4-8)12(13,14)15;;/h3-5,20H,7H2,1-2H3,(H,18,19);2-4,20H,6H2,1H3,(H,18,19);1H;/q;;;+1/p-1. The third-order valence-corrected chi connectivity index (χ3v) is 7.23. The Hall–Kier alpha value is -1.77. The van der Waals surface area contributed by atoms with Crippen LogP contribution in [0.5, 0.6) is 0 Å². The fourth-order valence-corrected chi connectivity index (χ4v) is 3.58. The number of nitrogens with one attached hydrogen (secondary N) is 2. The minimum absolute atomic E-state index is 0. The maximum absolute atomic E-state index is 12.8. The van der Waals surface area contributed by atoms with Gasteiger partial charge in [0.15, 0.2) is 5.60 Å². The van der Waals surface area contributed by atoms with E-state index in [1.54, 1.807) is 22.6 Å². The second-order valence-corrected chi connectivity index (χ2v) is 11.7. The molecule has 2 atom stereocenters. The van der Waals surface area contributed by atoms with Gasteiger partial charge in [-0.15, -0.1) is 0 Å². The quantitative estimate of drug-likeness (QED) is 0.0761. The monoisotopic (exact) mass is 914 g/mol. The van der Waals surface area contributed by atoms with E-state index in [9.17, 15) is 54.6 Å². The third-order valence-electron chi connectivity index (χ3n) is 5.20. The van der Waals surface area contributed by atoms with Gasteiger partial charge in [-0.05, 0) is 50.2 Å². The molecule has 0 aliphatic carbocycles. The molecule has 0 spiro atoms. The van der Waals surface area contributed by atoms with Crippen LogP contribution in [-0.2, 0) is 36.2 Å². The van der Waals surface area contributed by atoms with Crippen molar-refractivity contribution in [2.24, 2.45) is 0 Å². The van der Waals surface area contributed by atoms with Crippen molar-refractivity contribution in [3.05, 3.63) is 58.7 Å². The summed E-state index contributed by atoms with van der Waals surface area (Å²) in [6.07, 6.45) is -8.80. The second kappa shape index (κ2) is 18.1. The Bertz CT molecular complexity index is 1590. The Balaban J connectivity index is 0. The van der Waals surface area contributed by atoms with Gasteiger partial charge in [0.2, 0.25) is 0 Å². The molecule has 2 aromatic carbocycles. The molecule has 0 heterocycles. The largest absolute Gasteiger partial charge is 1.00 e. The number of benzene rings is 2. The first kappa shape index (κ1) is 46.3. The molecule has 0 saturated heterocycles. The van der Waals surface area contributed by atoms with E-state index < -0.39 is 74.3 Å². The van der Waals surface area contributed by atoms with Crippen molar-refractivity contribution in [3.63, 3.8) is 0 Å². The van der Waals surface area contributed by atoms with Crippen LogP contribution in [0.2, 0.25) is 0 Å². The molecule has 2 rings (SSSR count). The van der Waals surface area contributed by atoms with Gasteiger partial charge in [0.05, 0.1) is 40.6 Å². The molecule has 11 nitrogen and oxygen atoms in total. The van der Waals surface area contributed by atoms with Crippen molar-refractivity contribution in [1.82, 2.24) is 0 Å². The Morgan fingerprint density at radius 1 is 0.848 bits per heavy atom. The summed E-state index contributed by atoms with van der Waals surface area (Å²) in [7, 11) is -3.92. The van der Waals surface area contributed by atoms with Crippen LogP contribution in [0.25, 0.3) is 0 Å². The molecular formula is C25H23F6I2N4NaO7S. The molecular weight excluding hydrogens is 891 g/mol. The van der Waals surface area contributed by atoms with Gasteiger partial charge in [0.1, 0.15) is 12.2 Å². The molecule has 46 heavy (non-hydrogen) atoms. The van der Waals surface area contributed by atoms with Crippen LogP contribution in [-0.4, -0.2) is 58.9 Å². The van der Waals surface area contributed by atoms with Crippen molar-refractivity contribution in [3.8, 4) is 12.1 Å². The molecule has 0 fully saturated rings. The summed E-state index contributed by atoms with van der Waals surface area (Å²) in [5.74, 6) is -1.99. The molecule has 0 radical (unpaired) electrons. The predicted octanol–water partition coefficient (Wildman–Crippen LogP) is -2.05. The van der Waals surface area contributed by atoms with E-state index in [2.05, 4.69) is 9.50 Å². The van der Waals surface area contributed by atoms with Crippen molar-refractivity contribution in [2.75, 3.05) is 27.9 Å². The zero-order chi connectivity index (χ0) is 34.3. The molecule has 2 unspecified atom stereocenters. The van der Waals surface area contributed by atoms with Crippen LogP contribution >= 0.6 is 22.6 Å². The smallest absolute Gasteiger partial charge is 1.00 e. The van der Waals surface area contributed by atoms with E-state index in [4.69, 9.17) is 10.5 Å². The number of aliphatic hydroxyl groups is 2. The molecule has 21 heteroatoms. The Labute approximate surface area is 312 Å². The van der Waals surface area contributed by atoms with Crippen molar-refractivity contribution < 1.29 is 112 Å². The number of nitriles is 2. The molecule has 0 aliphatic rings. The molecule has 0 bridgehead atoms. The Morgan fingerprint density at radius 3 is 1.48 bits per heavy atom. The van der Waals surface area contributed by atoms with Gasteiger partial charge in [-0.2, -0.15) is 45.3 Å². The first-order chi connectivity index (χ1) is 19.9. The maximum Gasteiger partial charge on any atom is 1.00 e. The average Bonchev–Trinajstić information content (AvgIpc) is 2.90. The normalized spacial score (nSPS) is 13.8. The van der Waals surface area contributed by atoms with Crippen molar-refractivity contribution >= 4 is 55.9 Å². The molecule has 2 aromatic rings. The molecule has 0 saturated carbocycles. The topological polar surface area (TPSA) is 190 Å². The van der Waals surface area contributed by atoms with E-state index in [0.717, 1.165) is 25.1 Å². The van der Waals surface area contributed by atoms with Crippen LogP contribution in [0.15, 0.2) is 36.4 Å². The zero-order valence-electron chi connectivity index (χ0n) is 24.1. The summed E-state index contributed by atoms with van der Waals surface area (Å²) in [5, 5.41) is 41.1. The van der Waals surface area contributed by atoms with Crippen LogP contribution < -0.4 is 64.2 Å². The van der Waals surface area contributed by atoms with Crippen LogP contribution in [0.1, 0.15) is 36.1 Å². The first-order valence-electron chi connectivity index (χ1n) is 11.6. The molecule has 4 N–H and O–H groups in total. The van der Waals surface area contributed by atoms with Gasteiger partial charge >= 0.3 is 41.9 Å². The number of hydrogen-bond donors (Lipinski definition) is 4. The van der Waals surface area contributed by atoms with E-state index in [0.29, 0.717) is 18.4 Å². The Kier molecular flexibility index (Phi) is 18.3. The van der Waals surface area contributed by atoms with Gasteiger partial charge in [-0.1, -0.05) is 22.6 Å². The summed E-state index contributed by atoms with van der Waals surface area (Å²) in [5.41, 5.74) is -8.01. The zero-order valence-corrected chi connectivity index (χ0v) is 31.3. The van der Waals surface area contributed by atoms with Gasteiger partial charge in [0, 0.05) is 15.8 Å². The summed E-state index contributed by atoms with van der Waals surface area (Å²) in [6.45, 7) is 1.27. The number of halogens is 8. The summed E-state index contributed by atoms with van der Waals surface area (Å²) < 4.78 is 103. The van der Waals surface area contributed by atoms with Crippen LogP contribution in [0.3, 0.4) is 0 Å². The molecule has 248 valence electrons. The minimum Gasteiger partial charge on any atom is -1.00 e. The van der Waals surface area contributed by atoms with E-state index in [1.807, 2.05) is 5.32 Å². The van der Waals surface area contributed by atoms with E-state index >= 15 is 0 Å². The fraction of sp³-hybridized carbons (Fsp3) is 0.360. The van der Waals surface area contributed by atoms with E-state index in [1.165, 1.54) is 25.1 Å². The predicted molar refractivity (Wildman–Crippen MR) is 151 cm³/mol. The van der Waals surface area contributed by atoms with Crippen LogP contribution in [0.4, 0.5) is 37.7 Å². The number of carbonyl (C=O) groups excluding carboxylic acids is 2. The van der Waals surface area contributed by atoms with Gasteiger partial charge in [-0.3, -0.25) is 13.8 Å². The molecule has 0 aromatic heterocycles. The van der Waals surface area contributed by atoms with Gasteiger partial charge in [0.25, 0.3) is 21.9 Å². The average molecular weight is 914 g/mol. The maximum atomic E-state index is 12.8. The van der Waals surface area contributed by atoms with Gasteiger partial charge < -0.3 is 44.8 Å². The minimum atomic E-state index is -4.81. The number of nitrogens with zero attached hydrogens (tertiary/aromatic N) is 2. The van der Waals surface area contributed by atoms with Crippen molar-refractivity contribution in [2.45, 2.75) is 37.4 Å². The summed E-state index contributed by atoms with van der Waals surface area (Å²) in [6, 6.07) is 8.07. The number of carbonyl (C=O) groups is 2. The summed E-state index contributed by atoms with van der Waals surface area (Å²) in [4.78, 5) is 23.6. The number of alkyl halides is 7. The molecule has 0 aliphatic heterocycles. The fourth-order valence-electron chi connectivity index (χ4n) is 2.79. The number of hydrogen-bond acceptors (Lipinski definition) is 9. The second-order valence-electron chi connectivity index (χ2n) is 9.30. The van der Waals surface area contributed by atoms with Gasteiger partial charge in [-0.25, -0.2) is 0 Å². The third kappa shape index (κ3) is 14.6. The SMILES string of the molecule is CC(O)(CI)C(=O)Nc1ccc(C#N)c(C(F)(F)F)c1.CC(O)(COS(C)(=O)=O)C(=O)Nc1ccc(C#N)c(C(F)(F)F)c1.[I-].[Na+]. The Morgan fingerprint density at radius 2 is 1.20 bits per heavy atom. The first-order valence-corrected chi connectivity index (χ1v) is 14.9. The van der Waals surface area contributed by atoms with Crippen LogP contribution in [0, 0.1) is 22.7 Å². The number of anilines is 2. The molecule has 2 amide bonds.